The number of anilines is 1. The molecular formula is C21H19NO. The lowest BCUT2D eigenvalue weighted by Crippen LogP contribution is -2.43. The van der Waals surface area contributed by atoms with Gasteiger partial charge in [0.2, 0.25) is 0 Å². The third-order valence-corrected chi connectivity index (χ3v) is 4.38. The lowest BCUT2D eigenvalue weighted by molar-refractivity contribution is -0.0324. The Morgan fingerprint density at radius 1 is 0.739 bits per heavy atom. The van der Waals surface area contributed by atoms with Crippen LogP contribution in [0.3, 0.4) is 0 Å². The van der Waals surface area contributed by atoms with Crippen LogP contribution in [0.2, 0.25) is 0 Å². The number of hydrogen-bond acceptors (Lipinski definition) is 2. The van der Waals surface area contributed by atoms with Crippen molar-refractivity contribution in [1.29, 1.82) is 0 Å². The van der Waals surface area contributed by atoms with E-state index in [1.54, 1.807) is 0 Å². The van der Waals surface area contributed by atoms with Crippen molar-refractivity contribution in [2.75, 3.05) is 5.32 Å². The van der Waals surface area contributed by atoms with E-state index in [0.29, 0.717) is 0 Å². The van der Waals surface area contributed by atoms with E-state index in [1.165, 1.54) is 0 Å². The van der Waals surface area contributed by atoms with Crippen LogP contribution in [0.5, 0.6) is 0 Å². The molecule has 2 heteroatoms. The van der Waals surface area contributed by atoms with E-state index in [9.17, 15) is 0 Å². The highest BCUT2D eigenvalue weighted by Gasteiger charge is 2.43. The van der Waals surface area contributed by atoms with E-state index in [4.69, 9.17) is 4.74 Å². The number of nitrogens with one attached hydrogen (secondary N) is 1. The summed E-state index contributed by atoms with van der Waals surface area (Å²) in [6.45, 7) is 2.05. The van der Waals surface area contributed by atoms with Crippen molar-refractivity contribution in [3.63, 3.8) is 0 Å². The van der Waals surface area contributed by atoms with E-state index in [0.717, 1.165) is 22.4 Å². The van der Waals surface area contributed by atoms with Crippen molar-refractivity contribution >= 4 is 5.69 Å². The predicted molar refractivity (Wildman–Crippen MR) is 93.4 cm³/mol. The minimum atomic E-state index is -0.593. The molecule has 0 unspecified atom stereocenters. The van der Waals surface area contributed by atoms with Gasteiger partial charge in [0.1, 0.15) is 11.8 Å². The number of fused-ring (bicyclic) bond motifs is 1. The van der Waals surface area contributed by atoms with Gasteiger partial charge in [-0.1, -0.05) is 78.9 Å². The zero-order valence-corrected chi connectivity index (χ0v) is 13.1. The molecule has 1 aliphatic rings. The Kier molecular flexibility index (Phi) is 3.40. The van der Waals surface area contributed by atoms with Crippen LogP contribution in [0.4, 0.5) is 5.69 Å². The fourth-order valence-electron chi connectivity index (χ4n) is 3.45. The van der Waals surface area contributed by atoms with E-state index in [-0.39, 0.29) is 6.23 Å². The largest absolute Gasteiger partial charge is 0.360 e. The van der Waals surface area contributed by atoms with E-state index >= 15 is 0 Å². The van der Waals surface area contributed by atoms with Crippen LogP contribution in [0, 0.1) is 0 Å². The molecule has 1 N–H and O–H groups in total. The van der Waals surface area contributed by atoms with Crippen LogP contribution in [0.25, 0.3) is 0 Å². The first-order chi connectivity index (χ1) is 11.3. The molecule has 114 valence electrons. The van der Waals surface area contributed by atoms with Crippen molar-refractivity contribution in [2.45, 2.75) is 18.8 Å². The number of rotatable bonds is 2. The molecule has 2 nitrogen and oxygen atoms in total. The van der Waals surface area contributed by atoms with Crippen LogP contribution in [-0.2, 0) is 10.3 Å². The van der Waals surface area contributed by atoms with Crippen molar-refractivity contribution in [3.8, 4) is 0 Å². The summed E-state index contributed by atoms with van der Waals surface area (Å²) in [5.41, 5.74) is 3.97. The minimum Gasteiger partial charge on any atom is -0.360 e. The first-order valence-electron chi connectivity index (χ1n) is 7.95. The monoisotopic (exact) mass is 301 g/mol. The Hall–Kier alpha value is -2.58. The van der Waals surface area contributed by atoms with Gasteiger partial charge in [-0.2, -0.15) is 0 Å². The predicted octanol–water partition coefficient (Wildman–Crippen LogP) is 4.77. The molecule has 0 spiro atoms. The van der Waals surface area contributed by atoms with Crippen LogP contribution in [0.15, 0.2) is 84.9 Å². The highest BCUT2D eigenvalue weighted by molar-refractivity contribution is 5.63. The normalized spacial score (nSPS) is 18.7. The van der Waals surface area contributed by atoms with Crippen molar-refractivity contribution in [2.24, 2.45) is 0 Å². The molecular weight excluding hydrogens is 282 g/mol. The highest BCUT2D eigenvalue weighted by Crippen LogP contribution is 2.46. The quantitative estimate of drug-likeness (QED) is 0.736. The molecule has 0 bridgehead atoms. The number of para-hydroxylation sites is 1. The molecule has 23 heavy (non-hydrogen) atoms. The van der Waals surface area contributed by atoms with E-state index < -0.39 is 5.60 Å². The molecule has 0 fully saturated rings. The summed E-state index contributed by atoms with van der Waals surface area (Å²) in [7, 11) is 0. The van der Waals surface area contributed by atoms with Gasteiger partial charge in [0, 0.05) is 11.3 Å². The molecule has 0 radical (unpaired) electrons. The molecule has 0 amide bonds. The smallest absolute Gasteiger partial charge is 0.148 e. The van der Waals surface area contributed by atoms with E-state index in [2.05, 4.69) is 85.0 Å². The van der Waals surface area contributed by atoms with Gasteiger partial charge in [-0.25, -0.2) is 0 Å². The van der Waals surface area contributed by atoms with Gasteiger partial charge in [0.15, 0.2) is 0 Å². The average molecular weight is 301 g/mol. The van der Waals surface area contributed by atoms with Gasteiger partial charge < -0.3 is 10.1 Å². The zero-order valence-electron chi connectivity index (χ0n) is 13.1. The van der Waals surface area contributed by atoms with Gasteiger partial charge >= 0.3 is 0 Å². The molecule has 1 aliphatic heterocycles. The molecule has 1 heterocycles. The van der Waals surface area contributed by atoms with Gasteiger partial charge in [-0.05, 0) is 24.1 Å². The maximum absolute atomic E-state index is 6.56. The second-order valence-corrected chi connectivity index (χ2v) is 5.86. The fraction of sp³-hybridized carbons (Fsp3) is 0.143. The Balaban J connectivity index is 2.05. The van der Waals surface area contributed by atoms with Crippen LogP contribution in [0.1, 0.15) is 23.6 Å². The Bertz CT molecular complexity index is 759. The molecule has 3 aromatic carbocycles. The summed E-state index contributed by atoms with van der Waals surface area (Å²) < 4.78 is 6.56. The second kappa shape index (κ2) is 5.56. The summed E-state index contributed by atoms with van der Waals surface area (Å²) in [6, 6.07) is 29.3. The molecule has 0 saturated carbocycles. The van der Waals surface area contributed by atoms with E-state index in [1.807, 2.05) is 12.1 Å². The topological polar surface area (TPSA) is 21.3 Å². The zero-order chi connectivity index (χ0) is 15.7. The number of ether oxygens (including phenoxy) is 1. The Morgan fingerprint density at radius 3 is 1.87 bits per heavy atom. The average Bonchev–Trinajstić information content (AvgIpc) is 2.62. The van der Waals surface area contributed by atoms with Crippen molar-refractivity contribution in [1.82, 2.24) is 0 Å². The minimum absolute atomic E-state index is 0.0784. The Morgan fingerprint density at radius 2 is 1.26 bits per heavy atom. The Labute approximate surface area is 136 Å². The van der Waals surface area contributed by atoms with Crippen molar-refractivity contribution < 1.29 is 4.74 Å². The summed E-state index contributed by atoms with van der Waals surface area (Å²) in [5, 5.41) is 3.43. The highest BCUT2D eigenvalue weighted by atomic mass is 16.5. The third-order valence-electron chi connectivity index (χ3n) is 4.38. The molecule has 0 aromatic heterocycles. The van der Waals surface area contributed by atoms with Gasteiger partial charge in [0.25, 0.3) is 0 Å². The molecule has 0 saturated heterocycles. The standard InChI is InChI=1S/C21H19NO/c1-16-22-20-15-9-8-14-19(20)21(23-16,17-10-4-2-5-11-17)18-12-6-3-7-13-18/h2-16,22H,1H3/t16-/m1/s1. The summed E-state index contributed by atoms with van der Waals surface area (Å²) in [6.07, 6.45) is -0.0784. The summed E-state index contributed by atoms with van der Waals surface area (Å²) >= 11 is 0. The van der Waals surface area contributed by atoms with Crippen LogP contribution in [-0.4, -0.2) is 6.23 Å². The van der Waals surface area contributed by atoms with Crippen LogP contribution < -0.4 is 5.32 Å². The number of benzene rings is 3. The van der Waals surface area contributed by atoms with Gasteiger partial charge in [0.05, 0.1) is 0 Å². The van der Waals surface area contributed by atoms with Gasteiger partial charge in [-0.3, -0.25) is 0 Å². The lowest BCUT2D eigenvalue weighted by atomic mass is 9.78. The first-order valence-corrected chi connectivity index (χ1v) is 7.95. The first kappa shape index (κ1) is 14.0. The van der Waals surface area contributed by atoms with Crippen molar-refractivity contribution in [3.05, 3.63) is 102 Å². The lowest BCUT2D eigenvalue weighted by Gasteiger charge is -2.43. The maximum Gasteiger partial charge on any atom is 0.148 e. The third kappa shape index (κ3) is 2.23. The maximum atomic E-state index is 6.56. The summed E-state index contributed by atoms with van der Waals surface area (Å²) in [4.78, 5) is 0. The molecule has 4 rings (SSSR count). The molecule has 3 aromatic rings. The second-order valence-electron chi connectivity index (χ2n) is 5.86. The van der Waals surface area contributed by atoms with Gasteiger partial charge in [-0.15, -0.1) is 0 Å². The molecule has 0 aliphatic carbocycles. The molecule has 1 atom stereocenters. The summed E-state index contributed by atoms with van der Waals surface area (Å²) in [5.74, 6) is 0. The number of hydrogen-bond donors (Lipinski definition) is 1. The fourth-order valence-corrected chi connectivity index (χ4v) is 3.45. The van der Waals surface area contributed by atoms with Crippen LogP contribution >= 0.6 is 0 Å². The SMILES string of the molecule is C[C@@H]1Nc2ccccc2C(c2ccccc2)(c2ccccc2)O1.